The van der Waals surface area contributed by atoms with Crippen LogP contribution in [0.15, 0.2) is 30.3 Å². The summed E-state index contributed by atoms with van der Waals surface area (Å²) in [7, 11) is 0. The van der Waals surface area contributed by atoms with Crippen LogP contribution in [-0.4, -0.2) is 64.0 Å². The monoisotopic (exact) mass is 527 g/mol. The van der Waals surface area contributed by atoms with Crippen LogP contribution in [0.3, 0.4) is 0 Å². The zero-order chi connectivity index (χ0) is 27.4. The third kappa shape index (κ3) is 6.48. The number of nitrogens with two attached hydrogens (primary N) is 2. The maximum atomic E-state index is 13.3. The summed E-state index contributed by atoms with van der Waals surface area (Å²) in [5, 5.41) is 7.12. The molecule has 5 N–H and O–H groups in total. The van der Waals surface area contributed by atoms with Gasteiger partial charge in [-0.2, -0.15) is 13.2 Å². The molecule has 3 fully saturated rings. The maximum absolute atomic E-state index is 13.3. The summed E-state index contributed by atoms with van der Waals surface area (Å²) in [6.07, 6.45) is -0.805. The molecule has 4 rings (SSSR count). The molecule has 0 aromatic heterocycles. The van der Waals surface area contributed by atoms with Gasteiger partial charge in [-0.05, 0) is 50.0 Å². The Morgan fingerprint density at radius 3 is 2.38 bits per heavy atom. The number of benzene rings is 1. The number of hydrogen-bond acceptors (Lipinski definition) is 6. The van der Waals surface area contributed by atoms with Crippen molar-refractivity contribution >= 4 is 23.6 Å². The van der Waals surface area contributed by atoms with Crippen molar-refractivity contribution < 1.29 is 42.2 Å². The number of ketones is 2. The minimum Gasteiger partial charge on any atom is -0.475 e. The first-order valence-corrected chi connectivity index (χ1v) is 12.2. The highest BCUT2D eigenvalue weighted by Crippen LogP contribution is 2.44. The van der Waals surface area contributed by atoms with E-state index in [1.165, 1.54) is 4.90 Å². The molecule has 204 valence electrons. The molecule has 1 aromatic rings. The molecule has 1 aromatic carbocycles. The Kier molecular flexibility index (Phi) is 8.96. The first kappa shape index (κ1) is 28.6. The number of urea groups is 1. The average Bonchev–Trinajstić information content (AvgIpc) is 3.30. The highest BCUT2D eigenvalue weighted by Gasteiger charge is 2.59. The van der Waals surface area contributed by atoms with Gasteiger partial charge >= 0.3 is 18.2 Å². The number of hydrogen-bond donors (Lipinski definition) is 3. The number of amides is 2. The highest BCUT2D eigenvalue weighted by atomic mass is 19.4. The lowest BCUT2D eigenvalue weighted by molar-refractivity contribution is -0.192. The fourth-order valence-corrected chi connectivity index (χ4v) is 5.67. The summed E-state index contributed by atoms with van der Waals surface area (Å²) < 4.78 is 37.8. The Balaban J connectivity index is 0.000000479. The molecule has 3 unspecified atom stereocenters. The number of aliphatic carboxylic acids is 1. The number of carbonyl (C=O) groups is 4. The first-order valence-electron chi connectivity index (χ1n) is 12.2. The quantitative estimate of drug-likeness (QED) is 0.498. The molecule has 37 heavy (non-hydrogen) atoms. The van der Waals surface area contributed by atoms with Crippen LogP contribution in [-0.2, 0) is 25.7 Å². The number of primary amides is 1. The minimum absolute atomic E-state index is 0.0480. The standard InChI is InChI=1S/C23H31N3O4.C2HF3O2/c24-18-11-16(12-19(18)30-14-15-6-2-1-3-7-15)10-17-13-20(27)23(21(17)28)8-4-5-9-26(23)22(25)29;3-2(4,5)1(6)7/h1-3,6-7,16-19H,4-5,8-14,24H2,(H2,25,29);(H,6,7)/t16?,17?,18-,19?,23+;/m0./s1. The smallest absolute Gasteiger partial charge is 0.475 e. The van der Waals surface area contributed by atoms with Crippen LogP contribution in [0.25, 0.3) is 0 Å². The molecule has 1 aliphatic heterocycles. The number of alkyl halides is 3. The van der Waals surface area contributed by atoms with E-state index in [1.54, 1.807) is 0 Å². The molecular weight excluding hydrogens is 495 g/mol. The van der Waals surface area contributed by atoms with Crippen molar-refractivity contribution in [1.29, 1.82) is 0 Å². The Morgan fingerprint density at radius 1 is 1.14 bits per heavy atom. The largest absolute Gasteiger partial charge is 0.490 e. The van der Waals surface area contributed by atoms with Crippen LogP contribution in [0.2, 0.25) is 0 Å². The second kappa shape index (κ2) is 11.6. The van der Waals surface area contributed by atoms with Gasteiger partial charge in [-0.3, -0.25) is 9.59 Å². The van der Waals surface area contributed by atoms with Crippen LogP contribution in [0.5, 0.6) is 0 Å². The van der Waals surface area contributed by atoms with E-state index < -0.39 is 23.7 Å². The van der Waals surface area contributed by atoms with E-state index in [9.17, 15) is 27.6 Å². The maximum Gasteiger partial charge on any atom is 0.490 e. The van der Waals surface area contributed by atoms with Crippen molar-refractivity contribution in [1.82, 2.24) is 4.90 Å². The fraction of sp³-hybridized carbons (Fsp3) is 0.600. The second-order valence-electron chi connectivity index (χ2n) is 9.87. The number of carboxylic acid groups (broad SMARTS) is 1. The summed E-state index contributed by atoms with van der Waals surface area (Å²) >= 11 is 0. The molecule has 2 saturated carbocycles. The van der Waals surface area contributed by atoms with Crippen molar-refractivity contribution in [3.05, 3.63) is 35.9 Å². The summed E-state index contributed by atoms with van der Waals surface area (Å²) in [4.78, 5) is 48.4. The molecule has 0 radical (unpaired) electrons. The number of likely N-dealkylation sites (tertiary alicyclic amines) is 1. The molecule has 9 nitrogen and oxygen atoms in total. The van der Waals surface area contributed by atoms with Gasteiger partial charge in [0, 0.05) is 24.9 Å². The zero-order valence-corrected chi connectivity index (χ0v) is 20.3. The van der Waals surface area contributed by atoms with Gasteiger partial charge in [-0.25, -0.2) is 9.59 Å². The molecule has 1 saturated heterocycles. The predicted molar refractivity (Wildman–Crippen MR) is 125 cm³/mol. The van der Waals surface area contributed by atoms with Crippen molar-refractivity contribution in [2.24, 2.45) is 23.3 Å². The van der Waals surface area contributed by atoms with E-state index in [2.05, 4.69) is 0 Å². The molecule has 3 aliphatic rings. The summed E-state index contributed by atoms with van der Waals surface area (Å²) in [6.45, 7) is 0.896. The second-order valence-corrected chi connectivity index (χ2v) is 9.87. The molecule has 12 heteroatoms. The third-order valence-electron chi connectivity index (χ3n) is 7.38. The lowest BCUT2D eigenvalue weighted by Gasteiger charge is -2.41. The Bertz CT molecular complexity index is 1010. The van der Waals surface area contributed by atoms with E-state index in [0.717, 1.165) is 31.2 Å². The molecule has 5 atom stereocenters. The summed E-state index contributed by atoms with van der Waals surface area (Å²) in [5.74, 6) is -3.14. The third-order valence-corrected chi connectivity index (χ3v) is 7.38. The van der Waals surface area contributed by atoms with Crippen LogP contribution in [0, 0.1) is 11.8 Å². The van der Waals surface area contributed by atoms with Crippen LogP contribution in [0.1, 0.15) is 50.5 Å². The average molecular weight is 528 g/mol. The number of piperidine rings is 1. The van der Waals surface area contributed by atoms with E-state index in [-0.39, 0.29) is 42.0 Å². The van der Waals surface area contributed by atoms with Gasteiger partial charge in [0.05, 0.1) is 12.7 Å². The van der Waals surface area contributed by atoms with E-state index in [0.29, 0.717) is 26.0 Å². The van der Waals surface area contributed by atoms with Gasteiger partial charge in [-0.15, -0.1) is 0 Å². The molecule has 2 aliphatic carbocycles. The lowest BCUT2D eigenvalue weighted by atomic mass is 9.81. The van der Waals surface area contributed by atoms with Gasteiger partial charge in [-0.1, -0.05) is 30.3 Å². The van der Waals surface area contributed by atoms with Crippen molar-refractivity contribution in [3.8, 4) is 0 Å². The zero-order valence-electron chi connectivity index (χ0n) is 20.3. The molecule has 2 amide bonds. The molecular formula is C25H32F3N3O6. The number of rotatable bonds is 5. The molecule has 1 spiro atoms. The summed E-state index contributed by atoms with van der Waals surface area (Å²) in [6, 6.07) is 9.24. The van der Waals surface area contributed by atoms with Crippen LogP contribution >= 0.6 is 0 Å². The number of Topliss-reactive ketones (excluding diaryl/α,β-unsaturated/α-hetero) is 2. The number of carbonyl (C=O) groups excluding carboxylic acids is 3. The fourth-order valence-electron chi connectivity index (χ4n) is 5.67. The SMILES string of the molecule is NC(=O)N1CCCC[C@]12C(=O)CC(CC1CC(OCc3ccccc3)[C@@H](N)C1)C2=O.O=C(O)C(F)(F)F. The van der Waals surface area contributed by atoms with Crippen molar-refractivity contribution in [2.75, 3.05) is 6.54 Å². The van der Waals surface area contributed by atoms with Crippen molar-refractivity contribution in [2.45, 2.75) is 75.4 Å². The van der Waals surface area contributed by atoms with Gasteiger partial charge in [0.25, 0.3) is 0 Å². The number of nitrogens with zero attached hydrogens (tertiary/aromatic N) is 1. The normalized spacial score (nSPS) is 29.8. The topological polar surface area (TPSA) is 153 Å². The number of carboxylic acids is 1. The lowest BCUT2D eigenvalue weighted by Crippen LogP contribution is -2.62. The summed E-state index contributed by atoms with van der Waals surface area (Å²) in [5.41, 5.74) is 11.6. The molecule has 0 bridgehead atoms. The van der Waals surface area contributed by atoms with Gasteiger partial charge in [0.1, 0.15) is 0 Å². The Hall–Kier alpha value is -2.99. The minimum atomic E-state index is -5.08. The Morgan fingerprint density at radius 2 is 1.78 bits per heavy atom. The van der Waals surface area contributed by atoms with E-state index in [1.807, 2.05) is 30.3 Å². The van der Waals surface area contributed by atoms with Crippen LogP contribution in [0.4, 0.5) is 18.0 Å². The van der Waals surface area contributed by atoms with E-state index >= 15 is 0 Å². The van der Waals surface area contributed by atoms with E-state index in [4.69, 9.17) is 26.1 Å². The highest BCUT2D eigenvalue weighted by molar-refractivity contribution is 6.19. The van der Waals surface area contributed by atoms with Gasteiger partial charge in [0.15, 0.2) is 17.1 Å². The molecule has 1 heterocycles. The first-order chi connectivity index (χ1) is 17.4. The van der Waals surface area contributed by atoms with Gasteiger partial charge in [0.2, 0.25) is 0 Å². The number of ether oxygens (including phenoxy) is 1. The van der Waals surface area contributed by atoms with Gasteiger partial charge < -0.3 is 26.2 Å². The van der Waals surface area contributed by atoms with Crippen molar-refractivity contribution in [3.63, 3.8) is 0 Å². The Labute approximate surface area is 212 Å². The predicted octanol–water partition coefficient (Wildman–Crippen LogP) is 2.79. The number of halogens is 3. The van der Waals surface area contributed by atoms with Crippen LogP contribution < -0.4 is 11.5 Å².